The largest absolute Gasteiger partial charge is 0.250 e. The molecule has 1 aliphatic carbocycles. The molecule has 0 saturated heterocycles. The standard InChI is InChI=1S/C9H14ClN3/c1-2-13-9(11-6-12-13)7-3-4-8(10)5-7/h6-8H,2-5H2,1H3. The Hall–Kier alpha value is -0.570. The number of hydrogen-bond donors (Lipinski definition) is 0. The predicted molar refractivity (Wildman–Crippen MR) is 51.9 cm³/mol. The molecule has 1 heterocycles. The van der Waals surface area contributed by atoms with E-state index in [1.165, 1.54) is 0 Å². The molecule has 2 unspecified atom stereocenters. The Kier molecular flexibility index (Phi) is 2.54. The molecule has 1 aliphatic rings. The topological polar surface area (TPSA) is 30.7 Å². The molecule has 1 aromatic rings. The molecule has 13 heavy (non-hydrogen) atoms. The lowest BCUT2D eigenvalue weighted by Gasteiger charge is -2.08. The number of alkyl halides is 1. The van der Waals surface area contributed by atoms with Crippen molar-refractivity contribution in [3.8, 4) is 0 Å². The van der Waals surface area contributed by atoms with Gasteiger partial charge >= 0.3 is 0 Å². The SMILES string of the molecule is CCn1ncnc1C1CCC(Cl)C1. The molecular formula is C9H14ClN3. The van der Waals surface area contributed by atoms with Gasteiger partial charge in [-0.3, -0.25) is 4.68 Å². The Morgan fingerprint density at radius 3 is 3.08 bits per heavy atom. The van der Waals surface area contributed by atoms with E-state index in [4.69, 9.17) is 11.6 Å². The van der Waals surface area contributed by atoms with Gasteiger partial charge in [0.1, 0.15) is 12.2 Å². The van der Waals surface area contributed by atoms with Crippen molar-refractivity contribution in [1.82, 2.24) is 14.8 Å². The van der Waals surface area contributed by atoms with Gasteiger partial charge < -0.3 is 0 Å². The Labute approximate surface area is 83.1 Å². The fraction of sp³-hybridized carbons (Fsp3) is 0.778. The van der Waals surface area contributed by atoms with Crippen molar-refractivity contribution in [3.63, 3.8) is 0 Å². The summed E-state index contributed by atoms with van der Waals surface area (Å²) in [4.78, 5) is 4.30. The van der Waals surface area contributed by atoms with E-state index in [0.29, 0.717) is 11.3 Å². The average Bonchev–Trinajstić information content (AvgIpc) is 2.71. The Balaban J connectivity index is 2.16. The highest BCUT2D eigenvalue weighted by Crippen LogP contribution is 2.35. The molecule has 0 bridgehead atoms. The van der Waals surface area contributed by atoms with Crippen molar-refractivity contribution in [1.29, 1.82) is 0 Å². The van der Waals surface area contributed by atoms with Crippen molar-refractivity contribution in [2.75, 3.05) is 0 Å². The maximum atomic E-state index is 6.06. The predicted octanol–water partition coefficient (Wildman–Crippen LogP) is 2.17. The van der Waals surface area contributed by atoms with Crippen LogP contribution in [0.1, 0.15) is 37.9 Å². The quantitative estimate of drug-likeness (QED) is 0.684. The lowest BCUT2D eigenvalue weighted by molar-refractivity contribution is 0.557. The fourth-order valence-corrected chi connectivity index (χ4v) is 2.33. The van der Waals surface area contributed by atoms with Crippen LogP contribution >= 0.6 is 11.6 Å². The van der Waals surface area contributed by atoms with Crippen LogP contribution in [0.2, 0.25) is 0 Å². The first-order valence-electron chi connectivity index (χ1n) is 4.83. The zero-order chi connectivity index (χ0) is 9.26. The molecule has 3 nitrogen and oxygen atoms in total. The number of aryl methyl sites for hydroxylation is 1. The van der Waals surface area contributed by atoms with E-state index in [2.05, 4.69) is 17.0 Å². The van der Waals surface area contributed by atoms with E-state index < -0.39 is 0 Å². The van der Waals surface area contributed by atoms with Crippen LogP contribution in [0.3, 0.4) is 0 Å². The van der Waals surface area contributed by atoms with Crippen LogP contribution in [0.15, 0.2) is 6.33 Å². The molecule has 0 amide bonds. The second-order valence-corrected chi connectivity index (χ2v) is 4.16. The number of hydrogen-bond acceptors (Lipinski definition) is 2. The van der Waals surface area contributed by atoms with Gasteiger partial charge in [0, 0.05) is 17.8 Å². The summed E-state index contributed by atoms with van der Waals surface area (Å²) in [6.07, 6.45) is 4.97. The van der Waals surface area contributed by atoms with Gasteiger partial charge in [-0.25, -0.2) is 4.98 Å². The van der Waals surface area contributed by atoms with Crippen LogP contribution in [-0.4, -0.2) is 20.1 Å². The molecule has 0 aliphatic heterocycles. The van der Waals surface area contributed by atoms with E-state index in [1.807, 2.05) is 4.68 Å². The molecule has 1 saturated carbocycles. The zero-order valence-corrected chi connectivity index (χ0v) is 8.54. The van der Waals surface area contributed by atoms with Crippen LogP contribution in [-0.2, 0) is 6.54 Å². The van der Waals surface area contributed by atoms with Gasteiger partial charge in [0.15, 0.2) is 0 Å². The second-order valence-electron chi connectivity index (χ2n) is 3.54. The molecule has 0 N–H and O–H groups in total. The third-order valence-corrected chi connectivity index (χ3v) is 3.08. The highest BCUT2D eigenvalue weighted by Gasteiger charge is 2.27. The molecule has 4 heteroatoms. The Morgan fingerprint density at radius 1 is 1.62 bits per heavy atom. The van der Waals surface area contributed by atoms with Gasteiger partial charge in [0.05, 0.1) is 0 Å². The van der Waals surface area contributed by atoms with E-state index in [-0.39, 0.29) is 0 Å². The smallest absolute Gasteiger partial charge is 0.138 e. The minimum atomic E-state index is 0.340. The zero-order valence-electron chi connectivity index (χ0n) is 7.78. The number of rotatable bonds is 2. The first kappa shape index (κ1) is 9.00. The highest BCUT2D eigenvalue weighted by atomic mass is 35.5. The summed E-state index contributed by atoms with van der Waals surface area (Å²) < 4.78 is 1.97. The average molecular weight is 200 g/mol. The number of halogens is 1. The van der Waals surface area contributed by atoms with Gasteiger partial charge in [-0.15, -0.1) is 11.6 Å². The van der Waals surface area contributed by atoms with Gasteiger partial charge in [0.25, 0.3) is 0 Å². The second kappa shape index (κ2) is 3.66. The van der Waals surface area contributed by atoms with Crippen LogP contribution < -0.4 is 0 Å². The maximum Gasteiger partial charge on any atom is 0.138 e. The third-order valence-electron chi connectivity index (χ3n) is 2.68. The van der Waals surface area contributed by atoms with E-state index in [9.17, 15) is 0 Å². The molecule has 0 radical (unpaired) electrons. The fourth-order valence-electron chi connectivity index (χ4n) is 1.99. The van der Waals surface area contributed by atoms with Crippen molar-refractivity contribution in [2.45, 2.75) is 44.0 Å². The minimum Gasteiger partial charge on any atom is -0.250 e. The van der Waals surface area contributed by atoms with E-state index in [1.54, 1.807) is 6.33 Å². The molecule has 2 atom stereocenters. The first-order valence-corrected chi connectivity index (χ1v) is 5.26. The third kappa shape index (κ3) is 1.70. The van der Waals surface area contributed by atoms with Crippen LogP contribution in [0.4, 0.5) is 0 Å². The van der Waals surface area contributed by atoms with Crippen molar-refractivity contribution < 1.29 is 0 Å². The molecule has 1 fully saturated rings. The van der Waals surface area contributed by atoms with Gasteiger partial charge in [0.2, 0.25) is 0 Å². The number of nitrogens with zero attached hydrogens (tertiary/aromatic N) is 3. The van der Waals surface area contributed by atoms with Crippen LogP contribution in [0.25, 0.3) is 0 Å². The molecule has 1 aromatic heterocycles. The Bertz CT molecular complexity index is 284. The summed E-state index contributed by atoms with van der Waals surface area (Å²) >= 11 is 6.06. The van der Waals surface area contributed by atoms with Crippen molar-refractivity contribution in [3.05, 3.63) is 12.2 Å². The molecular weight excluding hydrogens is 186 g/mol. The lowest BCUT2D eigenvalue weighted by atomic mass is 10.1. The summed E-state index contributed by atoms with van der Waals surface area (Å²) in [5.74, 6) is 1.65. The maximum absolute atomic E-state index is 6.06. The minimum absolute atomic E-state index is 0.340. The summed E-state index contributed by atoms with van der Waals surface area (Å²) in [5, 5.41) is 4.51. The summed E-state index contributed by atoms with van der Waals surface area (Å²) in [5.41, 5.74) is 0. The molecule has 72 valence electrons. The molecule has 0 spiro atoms. The van der Waals surface area contributed by atoms with Gasteiger partial charge in [-0.05, 0) is 26.2 Å². The van der Waals surface area contributed by atoms with Gasteiger partial charge in [-0.2, -0.15) is 5.10 Å². The van der Waals surface area contributed by atoms with Crippen molar-refractivity contribution in [2.24, 2.45) is 0 Å². The highest BCUT2D eigenvalue weighted by molar-refractivity contribution is 6.20. The van der Waals surface area contributed by atoms with Crippen LogP contribution in [0, 0.1) is 0 Å². The first-order chi connectivity index (χ1) is 6.31. The Morgan fingerprint density at radius 2 is 2.46 bits per heavy atom. The number of aromatic nitrogens is 3. The van der Waals surface area contributed by atoms with Crippen LogP contribution in [0.5, 0.6) is 0 Å². The van der Waals surface area contributed by atoms with E-state index in [0.717, 1.165) is 31.6 Å². The molecule has 0 aromatic carbocycles. The van der Waals surface area contributed by atoms with E-state index >= 15 is 0 Å². The summed E-state index contributed by atoms with van der Waals surface area (Å²) in [7, 11) is 0. The monoisotopic (exact) mass is 199 g/mol. The molecule has 2 rings (SSSR count). The summed E-state index contributed by atoms with van der Waals surface area (Å²) in [6.45, 7) is 2.99. The normalized spacial score (nSPS) is 28.2. The summed E-state index contributed by atoms with van der Waals surface area (Å²) in [6, 6.07) is 0. The van der Waals surface area contributed by atoms with Gasteiger partial charge in [-0.1, -0.05) is 0 Å². The van der Waals surface area contributed by atoms with Crippen molar-refractivity contribution >= 4 is 11.6 Å². The lowest BCUT2D eigenvalue weighted by Crippen LogP contribution is -2.07.